The molecule has 1 amide bonds. The third-order valence-corrected chi connectivity index (χ3v) is 7.12. The number of nitrogens with one attached hydrogen (secondary N) is 1. The van der Waals surface area contributed by atoms with E-state index in [1.807, 2.05) is 31.2 Å². The normalized spacial score (nSPS) is 11.1. The van der Waals surface area contributed by atoms with Gasteiger partial charge in [-0.1, -0.05) is 58.5 Å². The lowest BCUT2D eigenvalue weighted by Gasteiger charge is -2.10. The molecule has 2 aromatic carbocycles. The molecule has 2 heterocycles. The van der Waals surface area contributed by atoms with Gasteiger partial charge in [0.15, 0.2) is 14.8 Å². The van der Waals surface area contributed by atoms with Crippen LogP contribution in [0.3, 0.4) is 0 Å². The number of halogens is 1. The molecule has 0 saturated carbocycles. The van der Waals surface area contributed by atoms with Crippen LogP contribution < -0.4 is 10.9 Å². The summed E-state index contributed by atoms with van der Waals surface area (Å²) in [5, 5.41) is 3.77. The third-order valence-electron chi connectivity index (χ3n) is 4.51. The number of aryl methyl sites for hydroxylation is 1. The number of amides is 1. The number of aromatic nitrogens is 3. The molecular formula is C21H17ClN4O2S3. The Morgan fingerprint density at radius 2 is 2.00 bits per heavy atom. The second-order valence-corrected chi connectivity index (χ2v) is 9.82. The number of carbonyl (C=O) groups excluding carboxylic acids is 1. The maximum absolute atomic E-state index is 12.9. The first kappa shape index (κ1) is 21.8. The standard InChI is InChI=1S/C21H17ClN4O2S3/c1-12-6-8-15(9-7-12)26-18-17(31-21(26)29)19(28)25(2)20(24-18)30-11-16(27)23-14-5-3-4-13(22)10-14/h3-10H,11H2,1-2H3,(H,23,27). The van der Waals surface area contributed by atoms with Crippen molar-refractivity contribution in [2.24, 2.45) is 7.05 Å². The third kappa shape index (κ3) is 4.59. The minimum Gasteiger partial charge on any atom is -0.325 e. The molecular weight excluding hydrogens is 472 g/mol. The van der Waals surface area contributed by atoms with Crippen molar-refractivity contribution in [3.8, 4) is 5.69 Å². The van der Waals surface area contributed by atoms with Crippen LogP contribution in [0.5, 0.6) is 0 Å². The quantitative estimate of drug-likeness (QED) is 0.237. The maximum atomic E-state index is 12.9. The van der Waals surface area contributed by atoms with Crippen LogP contribution in [0, 0.1) is 10.9 Å². The summed E-state index contributed by atoms with van der Waals surface area (Å²) in [7, 11) is 1.64. The lowest BCUT2D eigenvalue weighted by atomic mass is 10.2. The van der Waals surface area contributed by atoms with Crippen LogP contribution in [-0.2, 0) is 11.8 Å². The van der Waals surface area contributed by atoms with E-state index in [0.717, 1.165) is 11.3 Å². The Morgan fingerprint density at radius 1 is 1.26 bits per heavy atom. The second-order valence-electron chi connectivity index (χ2n) is 6.80. The molecule has 1 N–H and O–H groups in total. The van der Waals surface area contributed by atoms with Crippen molar-refractivity contribution in [3.63, 3.8) is 0 Å². The number of nitrogens with zero attached hydrogens (tertiary/aromatic N) is 3. The Kier molecular flexibility index (Phi) is 6.29. The summed E-state index contributed by atoms with van der Waals surface area (Å²) in [6.45, 7) is 2.01. The number of rotatable bonds is 5. The molecule has 0 unspecified atom stereocenters. The van der Waals surface area contributed by atoms with Crippen molar-refractivity contribution in [1.29, 1.82) is 0 Å². The van der Waals surface area contributed by atoms with E-state index in [9.17, 15) is 9.59 Å². The van der Waals surface area contributed by atoms with Crippen molar-refractivity contribution in [2.75, 3.05) is 11.1 Å². The van der Waals surface area contributed by atoms with E-state index in [2.05, 4.69) is 10.3 Å². The van der Waals surface area contributed by atoms with Gasteiger partial charge < -0.3 is 5.32 Å². The highest BCUT2D eigenvalue weighted by Crippen LogP contribution is 2.26. The summed E-state index contributed by atoms with van der Waals surface area (Å²) in [4.78, 5) is 30.0. The molecule has 31 heavy (non-hydrogen) atoms. The molecule has 0 saturated heterocycles. The Bertz CT molecular complexity index is 1410. The molecule has 0 radical (unpaired) electrons. The molecule has 0 spiro atoms. The lowest BCUT2D eigenvalue weighted by molar-refractivity contribution is -0.113. The van der Waals surface area contributed by atoms with Gasteiger partial charge in [-0.3, -0.25) is 18.7 Å². The minimum atomic E-state index is -0.220. The Morgan fingerprint density at radius 3 is 2.71 bits per heavy atom. The number of hydrogen-bond donors (Lipinski definition) is 1. The van der Waals surface area contributed by atoms with E-state index in [-0.39, 0.29) is 17.2 Å². The van der Waals surface area contributed by atoms with Crippen molar-refractivity contribution in [3.05, 3.63) is 73.4 Å². The SMILES string of the molecule is Cc1ccc(-n2c(=S)sc3c(=O)n(C)c(SCC(=O)Nc4cccc(Cl)c4)nc32)cc1. The van der Waals surface area contributed by atoms with Crippen LogP contribution in [0.4, 0.5) is 5.69 Å². The number of fused-ring (bicyclic) bond motifs is 1. The second kappa shape index (κ2) is 8.96. The maximum Gasteiger partial charge on any atom is 0.273 e. The van der Waals surface area contributed by atoms with Gasteiger partial charge in [-0.2, -0.15) is 0 Å². The minimum absolute atomic E-state index is 0.0910. The van der Waals surface area contributed by atoms with Crippen LogP contribution in [-0.4, -0.2) is 25.8 Å². The summed E-state index contributed by atoms with van der Waals surface area (Å²) in [5.41, 5.74) is 2.89. The van der Waals surface area contributed by atoms with E-state index < -0.39 is 0 Å². The first-order valence-corrected chi connectivity index (χ1v) is 11.8. The highest BCUT2D eigenvalue weighted by Gasteiger charge is 2.17. The average molecular weight is 489 g/mol. The molecule has 4 aromatic rings. The first-order chi connectivity index (χ1) is 14.8. The molecule has 0 aliphatic rings. The Balaban J connectivity index is 1.65. The number of anilines is 1. The average Bonchev–Trinajstić information content (AvgIpc) is 3.06. The zero-order valence-corrected chi connectivity index (χ0v) is 19.8. The van der Waals surface area contributed by atoms with Gasteiger partial charge in [-0.05, 0) is 49.5 Å². The van der Waals surface area contributed by atoms with Gasteiger partial charge in [0.1, 0.15) is 4.70 Å². The summed E-state index contributed by atoms with van der Waals surface area (Å²) in [6.07, 6.45) is 0. The van der Waals surface area contributed by atoms with Gasteiger partial charge >= 0.3 is 0 Å². The van der Waals surface area contributed by atoms with Crippen LogP contribution in [0.2, 0.25) is 5.02 Å². The summed E-state index contributed by atoms with van der Waals surface area (Å²) >= 11 is 13.9. The van der Waals surface area contributed by atoms with Gasteiger partial charge in [-0.25, -0.2) is 4.98 Å². The molecule has 158 valence electrons. The fourth-order valence-corrected chi connectivity index (χ4v) is 5.26. The number of benzene rings is 2. The molecule has 10 heteroatoms. The molecule has 2 aromatic heterocycles. The number of thiazole rings is 1. The first-order valence-electron chi connectivity index (χ1n) is 9.21. The van der Waals surface area contributed by atoms with Gasteiger partial charge in [0, 0.05) is 23.4 Å². The van der Waals surface area contributed by atoms with Crippen molar-refractivity contribution < 1.29 is 4.79 Å². The van der Waals surface area contributed by atoms with E-state index in [1.165, 1.54) is 27.7 Å². The predicted octanol–water partition coefficient (Wildman–Crippen LogP) is 5.21. The van der Waals surface area contributed by atoms with Crippen molar-refractivity contribution in [1.82, 2.24) is 14.1 Å². The molecule has 6 nitrogen and oxygen atoms in total. The molecule has 0 fully saturated rings. The van der Waals surface area contributed by atoms with E-state index in [0.29, 0.717) is 30.2 Å². The van der Waals surface area contributed by atoms with Crippen LogP contribution in [0.25, 0.3) is 16.0 Å². The molecule has 0 aliphatic heterocycles. The van der Waals surface area contributed by atoms with Gasteiger partial charge in [0.25, 0.3) is 5.56 Å². The number of carbonyl (C=O) groups is 1. The van der Waals surface area contributed by atoms with E-state index >= 15 is 0 Å². The fraction of sp³-hybridized carbons (Fsp3) is 0.143. The monoisotopic (exact) mass is 488 g/mol. The van der Waals surface area contributed by atoms with Gasteiger partial charge in [0.05, 0.1) is 5.75 Å². The molecule has 0 aliphatic carbocycles. The topological polar surface area (TPSA) is 68.9 Å². The predicted molar refractivity (Wildman–Crippen MR) is 131 cm³/mol. The van der Waals surface area contributed by atoms with Crippen LogP contribution in [0.1, 0.15) is 5.56 Å². The van der Waals surface area contributed by atoms with E-state index in [1.54, 1.807) is 35.9 Å². The van der Waals surface area contributed by atoms with Gasteiger partial charge in [-0.15, -0.1) is 0 Å². The largest absolute Gasteiger partial charge is 0.325 e. The van der Waals surface area contributed by atoms with Crippen molar-refractivity contribution in [2.45, 2.75) is 12.1 Å². The smallest absolute Gasteiger partial charge is 0.273 e. The Labute approximate surface area is 196 Å². The van der Waals surface area contributed by atoms with Crippen molar-refractivity contribution >= 4 is 68.9 Å². The highest BCUT2D eigenvalue weighted by molar-refractivity contribution is 7.99. The number of hydrogen-bond acceptors (Lipinski definition) is 6. The van der Waals surface area contributed by atoms with Crippen LogP contribution in [0.15, 0.2) is 58.5 Å². The zero-order chi connectivity index (χ0) is 22.1. The van der Waals surface area contributed by atoms with E-state index in [4.69, 9.17) is 23.8 Å². The van der Waals surface area contributed by atoms with Gasteiger partial charge in [0.2, 0.25) is 5.91 Å². The molecule has 4 rings (SSSR count). The lowest BCUT2D eigenvalue weighted by Crippen LogP contribution is -2.21. The molecule has 0 bridgehead atoms. The van der Waals surface area contributed by atoms with Crippen LogP contribution >= 0.6 is 46.9 Å². The summed E-state index contributed by atoms with van der Waals surface area (Å²) in [5.74, 6) is -0.129. The highest BCUT2D eigenvalue weighted by atomic mass is 35.5. The molecule has 0 atom stereocenters. The number of thioether (sulfide) groups is 1. The summed E-state index contributed by atoms with van der Waals surface area (Å²) < 4.78 is 4.28. The fourth-order valence-electron chi connectivity index (χ4n) is 2.96. The zero-order valence-electron chi connectivity index (χ0n) is 16.6. The summed E-state index contributed by atoms with van der Waals surface area (Å²) in [6, 6.07) is 14.8. The Hall–Kier alpha value is -2.46.